The van der Waals surface area contributed by atoms with Gasteiger partial charge in [0, 0.05) is 35.7 Å². The maximum absolute atomic E-state index is 13.0. The number of nitrogens with zero attached hydrogens (tertiary/aromatic N) is 4. The number of amides is 3. The Balaban J connectivity index is 1.06. The molecular formula is C26H23N5O4S. The lowest BCUT2D eigenvalue weighted by molar-refractivity contribution is -0.113. The van der Waals surface area contributed by atoms with Crippen LogP contribution in [0.1, 0.15) is 45.9 Å². The molecule has 9 nitrogen and oxygen atoms in total. The molecule has 5 rings (SSSR count). The van der Waals surface area contributed by atoms with Crippen LogP contribution in [-0.4, -0.2) is 50.1 Å². The highest BCUT2D eigenvalue weighted by Gasteiger charge is 2.32. The number of rotatable bonds is 10. The summed E-state index contributed by atoms with van der Waals surface area (Å²) in [5, 5.41) is 12.7. The number of carbonyl (C=O) groups excluding carboxylic acids is 3. The minimum absolute atomic E-state index is 0.144. The van der Waals surface area contributed by atoms with Crippen LogP contribution in [0.3, 0.4) is 0 Å². The quantitative estimate of drug-likeness (QED) is 0.193. The molecule has 0 spiro atoms. The summed E-state index contributed by atoms with van der Waals surface area (Å²) in [6, 6.07) is 14.6. The van der Waals surface area contributed by atoms with E-state index in [1.807, 2.05) is 24.3 Å². The number of aromatic nitrogens is 3. The summed E-state index contributed by atoms with van der Waals surface area (Å²) in [6.07, 6.45) is 6.04. The first-order valence-corrected chi connectivity index (χ1v) is 12.6. The van der Waals surface area contributed by atoms with Gasteiger partial charge in [-0.3, -0.25) is 24.3 Å². The molecule has 0 fully saturated rings. The standard InChI is InChI=1S/C26H23N5O4S/c32-21(28-18-9-6-13-27-15-18)16-36-26-30-29-22(35-26)12-2-1-3-14-31-24(33)19-10-4-7-17-8-5-11-20(23(17)19)25(31)34/h4-11,13,15H,1-3,12,14,16H2,(H,28,32). The SMILES string of the molecule is O=C(CSc1nnc(CCCCCN2C(=O)c3cccc4cccc(c34)C2=O)o1)Nc1cccnc1. The molecule has 10 heteroatoms. The Morgan fingerprint density at radius 2 is 1.72 bits per heavy atom. The zero-order valence-electron chi connectivity index (χ0n) is 19.3. The average Bonchev–Trinajstić information content (AvgIpc) is 3.36. The highest BCUT2D eigenvalue weighted by Crippen LogP contribution is 2.30. The van der Waals surface area contributed by atoms with Crippen LogP contribution < -0.4 is 5.32 Å². The van der Waals surface area contributed by atoms with E-state index in [0.717, 1.165) is 23.6 Å². The van der Waals surface area contributed by atoms with Crippen LogP contribution in [0, 0.1) is 0 Å². The summed E-state index contributed by atoms with van der Waals surface area (Å²) >= 11 is 1.17. The van der Waals surface area contributed by atoms with E-state index in [0.29, 0.717) is 47.3 Å². The van der Waals surface area contributed by atoms with Gasteiger partial charge in [0.05, 0.1) is 17.6 Å². The molecule has 0 aliphatic carbocycles. The first-order valence-electron chi connectivity index (χ1n) is 11.6. The van der Waals surface area contributed by atoms with Crippen LogP contribution in [0.5, 0.6) is 0 Å². The monoisotopic (exact) mass is 501 g/mol. The number of aryl methyl sites for hydroxylation is 1. The fourth-order valence-electron chi connectivity index (χ4n) is 4.17. The van der Waals surface area contributed by atoms with Crippen molar-refractivity contribution in [3.05, 3.63) is 77.9 Å². The van der Waals surface area contributed by atoms with Crippen LogP contribution in [0.15, 0.2) is 70.6 Å². The van der Waals surface area contributed by atoms with Gasteiger partial charge in [-0.15, -0.1) is 10.2 Å². The smallest absolute Gasteiger partial charge is 0.277 e. The fraction of sp³-hybridized carbons (Fsp3) is 0.231. The number of benzene rings is 2. The highest BCUT2D eigenvalue weighted by atomic mass is 32.2. The first kappa shape index (κ1) is 23.7. The molecule has 0 bridgehead atoms. The van der Waals surface area contributed by atoms with E-state index in [1.54, 1.807) is 36.7 Å². The minimum Gasteiger partial charge on any atom is -0.416 e. The minimum atomic E-state index is -0.240. The van der Waals surface area contributed by atoms with Crippen molar-refractivity contribution in [1.29, 1.82) is 0 Å². The summed E-state index contributed by atoms with van der Waals surface area (Å²) in [7, 11) is 0. The van der Waals surface area contributed by atoms with Gasteiger partial charge in [-0.25, -0.2) is 0 Å². The molecule has 0 saturated heterocycles. The van der Waals surface area contributed by atoms with Crippen molar-refractivity contribution in [2.45, 2.75) is 30.9 Å². The molecule has 3 amide bonds. The lowest BCUT2D eigenvalue weighted by Crippen LogP contribution is -2.40. The summed E-state index contributed by atoms with van der Waals surface area (Å²) in [6.45, 7) is 0.360. The van der Waals surface area contributed by atoms with E-state index in [-0.39, 0.29) is 23.5 Å². The van der Waals surface area contributed by atoms with Crippen molar-refractivity contribution >= 4 is 45.9 Å². The van der Waals surface area contributed by atoms with Crippen molar-refractivity contribution in [1.82, 2.24) is 20.1 Å². The summed E-state index contributed by atoms with van der Waals surface area (Å²) in [5.74, 6) is -0.0270. The molecule has 182 valence electrons. The average molecular weight is 502 g/mol. The Kier molecular flexibility index (Phi) is 7.03. The second-order valence-corrected chi connectivity index (χ2v) is 9.25. The van der Waals surface area contributed by atoms with Crippen LogP contribution in [-0.2, 0) is 11.2 Å². The largest absolute Gasteiger partial charge is 0.416 e. The topological polar surface area (TPSA) is 118 Å². The third-order valence-corrected chi connectivity index (χ3v) is 6.67. The van der Waals surface area contributed by atoms with Crippen LogP contribution in [0.2, 0.25) is 0 Å². The molecule has 0 saturated carbocycles. The third kappa shape index (κ3) is 5.13. The number of imide groups is 1. The van der Waals surface area contributed by atoms with Gasteiger partial charge in [0.25, 0.3) is 17.0 Å². The zero-order chi connectivity index (χ0) is 24.9. The molecular weight excluding hydrogens is 478 g/mol. The van der Waals surface area contributed by atoms with Crippen molar-refractivity contribution in [3.63, 3.8) is 0 Å². The van der Waals surface area contributed by atoms with E-state index < -0.39 is 0 Å². The Morgan fingerprint density at radius 1 is 0.944 bits per heavy atom. The van der Waals surface area contributed by atoms with Crippen molar-refractivity contribution in [3.8, 4) is 0 Å². The molecule has 3 heterocycles. The van der Waals surface area contributed by atoms with Crippen molar-refractivity contribution in [2.24, 2.45) is 0 Å². The van der Waals surface area contributed by atoms with E-state index >= 15 is 0 Å². The number of anilines is 1. The van der Waals surface area contributed by atoms with Gasteiger partial charge in [-0.05, 0) is 42.5 Å². The molecule has 36 heavy (non-hydrogen) atoms. The number of hydrogen-bond donors (Lipinski definition) is 1. The van der Waals surface area contributed by atoms with Gasteiger partial charge < -0.3 is 9.73 Å². The Bertz CT molecular complexity index is 1370. The van der Waals surface area contributed by atoms with E-state index in [4.69, 9.17) is 4.42 Å². The Hall–Kier alpha value is -4.05. The molecule has 1 aliphatic heterocycles. The van der Waals surface area contributed by atoms with Crippen LogP contribution in [0.25, 0.3) is 10.8 Å². The predicted molar refractivity (Wildman–Crippen MR) is 135 cm³/mol. The molecule has 2 aromatic carbocycles. The molecule has 0 atom stereocenters. The van der Waals surface area contributed by atoms with E-state index in [1.165, 1.54) is 16.7 Å². The van der Waals surface area contributed by atoms with Gasteiger partial charge in [-0.1, -0.05) is 42.4 Å². The number of unbranched alkanes of at least 4 members (excludes halogenated alkanes) is 2. The maximum Gasteiger partial charge on any atom is 0.277 e. The van der Waals surface area contributed by atoms with Gasteiger partial charge in [0.2, 0.25) is 11.8 Å². The number of hydrogen-bond acceptors (Lipinski definition) is 8. The lowest BCUT2D eigenvalue weighted by atomic mass is 9.94. The Morgan fingerprint density at radius 3 is 2.44 bits per heavy atom. The molecule has 2 aromatic heterocycles. The van der Waals surface area contributed by atoms with Crippen LogP contribution >= 0.6 is 11.8 Å². The summed E-state index contributed by atoms with van der Waals surface area (Å²) in [4.78, 5) is 43.2. The van der Waals surface area contributed by atoms with Gasteiger partial charge in [0.15, 0.2) is 0 Å². The number of pyridine rings is 1. The molecule has 4 aromatic rings. The zero-order valence-corrected chi connectivity index (χ0v) is 20.2. The molecule has 0 radical (unpaired) electrons. The van der Waals surface area contributed by atoms with E-state index in [9.17, 15) is 14.4 Å². The summed E-state index contributed by atoms with van der Waals surface area (Å²) < 4.78 is 5.62. The van der Waals surface area contributed by atoms with Crippen molar-refractivity contribution in [2.75, 3.05) is 17.6 Å². The Labute approximate surface area is 211 Å². The van der Waals surface area contributed by atoms with E-state index in [2.05, 4.69) is 20.5 Å². The molecule has 1 N–H and O–H groups in total. The lowest BCUT2D eigenvalue weighted by Gasteiger charge is -2.27. The maximum atomic E-state index is 13.0. The van der Waals surface area contributed by atoms with Crippen molar-refractivity contribution < 1.29 is 18.8 Å². The van der Waals surface area contributed by atoms with Gasteiger partial charge in [0.1, 0.15) is 0 Å². The summed E-state index contributed by atoms with van der Waals surface area (Å²) in [5.41, 5.74) is 1.78. The number of nitrogens with one attached hydrogen (secondary N) is 1. The fourth-order valence-corrected chi connectivity index (χ4v) is 4.75. The highest BCUT2D eigenvalue weighted by molar-refractivity contribution is 7.99. The van der Waals surface area contributed by atoms with Gasteiger partial charge >= 0.3 is 0 Å². The second kappa shape index (κ2) is 10.7. The first-order chi connectivity index (χ1) is 17.6. The number of carbonyl (C=O) groups is 3. The number of thioether (sulfide) groups is 1. The molecule has 1 aliphatic rings. The second-order valence-electron chi connectivity index (χ2n) is 8.32. The van der Waals surface area contributed by atoms with Gasteiger partial charge in [-0.2, -0.15) is 0 Å². The predicted octanol–water partition coefficient (Wildman–Crippen LogP) is 4.36. The van der Waals surface area contributed by atoms with Crippen LogP contribution in [0.4, 0.5) is 5.69 Å². The molecule has 0 unspecified atom stereocenters. The normalized spacial score (nSPS) is 12.8. The third-order valence-electron chi connectivity index (χ3n) is 5.85.